The highest BCUT2D eigenvalue weighted by Crippen LogP contribution is 2.23. The van der Waals surface area contributed by atoms with Gasteiger partial charge in [0.2, 0.25) is 15.9 Å². The number of carbonyl (C=O) groups excluding carboxylic acids is 1. The monoisotopic (exact) mass is 486 g/mol. The highest BCUT2D eigenvalue weighted by Gasteiger charge is 2.25. The van der Waals surface area contributed by atoms with Crippen molar-refractivity contribution in [3.8, 4) is 5.75 Å². The Bertz CT molecular complexity index is 1060. The highest BCUT2D eigenvalue weighted by atomic mass is 32.2. The Kier molecular flexibility index (Phi) is 7.95. The molecule has 0 unspecified atom stereocenters. The van der Waals surface area contributed by atoms with Crippen molar-refractivity contribution in [2.75, 3.05) is 63.1 Å². The van der Waals surface area contributed by atoms with Gasteiger partial charge in [-0.1, -0.05) is 18.9 Å². The van der Waals surface area contributed by atoms with Crippen LogP contribution in [0, 0.1) is 0 Å². The summed E-state index contributed by atoms with van der Waals surface area (Å²) < 4.78 is 33.0. The van der Waals surface area contributed by atoms with Crippen LogP contribution in [-0.2, 0) is 14.8 Å². The number of hydrogen-bond acceptors (Lipinski definition) is 6. The van der Waals surface area contributed by atoms with Crippen molar-refractivity contribution in [2.24, 2.45) is 0 Å². The first-order valence-corrected chi connectivity index (χ1v) is 13.4. The number of ether oxygens (including phenoxy) is 1. The van der Waals surface area contributed by atoms with Gasteiger partial charge in [0.1, 0.15) is 5.75 Å². The van der Waals surface area contributed by atoms with Crippen LogP contribution >= 0.6 is 0 Å². The van der Waals surface area contributed by atoms with Crippen molar-refractivity contribution < 1.29 is 17.9 Å². The van der Waals surface area contributed by atoms with E-state index in [1.54, 1.807) is 35.7 Å². The number of amides is 1. The number of hydrogen-bond donors (Lipinski definition) is 1. The Morgan fingerprint density at radius 1 is 0.912 bits per heavy atom. The van der Waals surface area contributed by atoms with Crippen molar-refractivity contribution in [1.29, 1.82) is 0 Å². The molecule has 2 saturated heterocycles. The van der Waals surface area contributed by atoms with Gasteiger partial charge in [0.15, 0.2) is 0 Å². The lowest BCUT2D eigenvalue weighted by Crippen LogP contribution is -2.50. The van der Waals surface area contributed by atoms with Crippen LogP contribution in [0.5, 0.6) is 5.75 Å². The van der Waals surface area contributed by atoms with Crippen LogP contribution in [0.3, 0.4) is 0 Å². The third-order valence-corrected chi connectivity index (χ3v) is 8.45. The number of nitrogens with zero attached hydrogens (tertiary/aromatic N) is 3. The maximum absolute atomic E-state index is 13.1. The van der Waals surface area contributed by atoms with Gasteiger partial charge in [-0.2, -0.15) is 4.31 Å². The smallest absolute Gasteiger partial charge is 0.243 e. The topological polar surface area (TPSA) is 82.2 Å². The van der Waals surface area contributed by atoms with Gasteiger partial charge in [-0.15, -0.1) is 0 Å². The predicted molar refractivity (Wildman–Crippen MR) is 134 cm³/mol. The Balaban J connectivity index is 1.30. The summed E-state index contributed by atoms with van der Waals surface area (Å²) in [5.41, 5.74) is 1.76. The van der Waals surface area contributed by atoms with Gasteiger partial charge in [0.25, 0.3) is 0 Å². The molecular formula is C25H34N4O4S. The normalized spacial score (nSPS) is 17.8. The van der Waals surface area contributed by atoms with Gasteiger partial charge in [0, 0.05) is 50.6 Å². The summed E-state index contributed by atoms with van der Waals surface area (Å²) in [4.78, 5) is 17.2. The van der Waals surface area contributed by atoms with Gasteiger partial charge in [0.05, 0.1) is 18.6 Å². The minimum atomic E-state index is -3.52. The lowest BCUT2D eigenvalue weighted by molar-refractivity contribution is -0.129. The van der Waals surface area contributed by atoms with Gasteiger partial charge in [-0.25, -0.2) is 8.42 Å². The van der Waals surface area contributed by atoms with Gasteiger partial charge >= 0.3 is 0 Å². The van der Waals surface area contributed by atoms with Crippen molar-refractivity contribution in [3.63, 3.8) is 0 Å². The average molecular weight is 487 g/mol. The number of anilines is 2. The van der Waals surface area contributed by atoms with Crippen molar-refractivity contribution in [3.05, 3.63) is 48.5 Å². The largest absolute Gasteiger partial charge is 0.497 e. The number of rotatable bonds is 7. The molecule has 8 nitrogen and oxygen atoms in total. The van der Waals surface area contributed by atoms with E-state index in [1.807, 2.05) is 29.2 Å². The number of carbonyl (C=O) groups is 1. The van der Waals surface area contributed by atoms with E-state index >= 15 is 0 Å². The molecule has 0 spiro atoms. The molecule has 2 aromatic carbocycles. The second-order valence-corrected chi connectivity index (χ2v) is 10.7. The Labute approximate surface area is 202 Å². The van der Waals surface area contributed by atoms with E-state index in [1.165, 1.54) is 0 Å². The fourth-order valence-corrected chi connectivity index (χ4v) is 6.06. The van der Waals surface area contributed by atoms with Gasteiger partial charge in [-0.3, -0.25) is 4.79 Å². The third-order valence-electron chi connectivity index (χ3n) is 6.55. The summed E-state index contributed by atoms with van der Waals surface area (Å²) in [6.45, 7) is 4.10. The van der Waals surface area contributed by atoms with Gasteiger partial charge in [-0.05, 0) is 55.3 Å². The Morgan fingerprint density at radius 2 is 1.59 bits per heavy atom. The van der Waals surface area contributed by atoms with E-state index in [0.29, 0.717) is 31.9 Å². The van der Waals surface area contributed by atoms with Crippen LogP contribution < -0.4 is 15.0 Å². The number of sulfonamides is 1. The molecule has 184 valence electrons. The zero-order chi connectivity index (χ0) is 24.0. The van der Waals surface area contributed by atoms with E-state index in [0.717, 1.165) is 50.2 Å². The minimum absolute atomic E-state index is 0.00941. The molecule has 1 N–H and O–H groups in total. The molecule has 0 aliphatic carbocycles. The SMILES string of the molecule is COc1ccc(N2CCN(C(=O)CNc3cccc(S(=O)(=O)N4CCCCCC4)c3)CC2)cc1. The zero-order valence-electron chi connectivity index (χ0n) is 19.8. The fraction of sp³-hybridized carbons (Fsp3) is 0.480. The fourth-order valence-electron chi connectivity index (χ4n) is 4.49. The highest BCUT2D eigenvalue weighted by molar-refractivity contribution is 7.89. The summed E-state index contributed by atoms with van der Waals surface area (Å²) >= 11 is 0. The molecule has 0 saturated carbocycles. The Hall–Kier alpha value is -2.78. The Morgan fingerprint density at radius 3 is 2.24 bits per heavy atom. The average Bonchev–Trinajstić information content (AvgIpc) is 3.18. The molecule has 0 atom stereocenters. The number of piperazine rings is 1. The molecule has 2 aliphatic rings. The standard InChI is InChI=1S/C25H34N4O4S/c1-33-23-11-9-22(10-12-23)27-15-17-28(18-16-27)25(30)20-26-21-7-6-8-24(19-21)34(31,32)29-13-4-2-3-5-14-29/h6-12,19,26H,2-5,13-18,20H2,1H3. The minimum Gasteiger partial charge on any atom is -0.497 e. The molecule has 34 heavy (non-hydrogen) atoms. The first-order chi connectivity index (χ1) is 16.5. The number of nitrogens with one attached hydrogen (secondary N) is 1. The maximum Gasteiger partial charge on any atom is 0.243 e. The lowest BCUT2D eigenvalue weighted by Gasteiger charge is -2.36. The second kappa shape index (κ2) is 11.1. The van der Waals surface area contributed by atoms with Crippen molar-refractivity contribution in [1.82, 2.24) is 9.21 Å². The molecule has 0 radical (unpaired) electrons. The van der Waals surface area contributed by atoms with Crippen LogP contribution in [0.25, 0.3) is 0 Å². The predicted octanol–water partition coefficient (Wildman–Crippen LogP) is 3.02. The number of methoxy groups -OCH3 is 1. The van der Waals surface area contributed by atoms with Crippen molar-refractivity contribution >= 4 is 27.3 Å². The summed E-state index contributed by atoms with van der Waals surface area (Å²) in [5.74, 6) is 0.835. The van der Waals surface area contributed by atoms with Crippen LogP contribution in [0.15, 0.2) is 53.4 Å². The van der Waals surface area contributed by atoms with Crippen LogP contribution in [0.2, 0.25) is 0 Å². The first-order valence-electron chi connectivity index (χ1n) is 12.0. The maximum atomic E-state index is 13.1. The summed E-state index contributed by atoms with van der Waals surface area (Å²) in [7, 11) is -1.87. The lowest BCUT2D eigenvalue weighted by atomic mass is 10.2. The van der Waals surface area contributed by atoms with E-state index in [2.05, 4.69) is 10.2 Å². The molecular weight excluding hydrogens is 452 g/mol. The summed E-state index contributed by atoms with van der Waals surface area (Å²) in [6.07, 6.45) is 3.95. The molecule has 2 fully saturated rings. The van der Waals surface area contributed by atoms with E-state index in [9.17, 15) is 13.2 Å². The van der Waals surface area contributed by atoms with Crippen molar-refractivity contribution in [2.45, 2.75) is 30.6 Å². The molecule has 0 bridgehead atoms. The molecule has 0 aromatic heterocycles. The molecule has 2 aliphatic heterocycles. The third kappa shape index (κ3) is 5.82. The molecule has 1 amide bonds. The molecule has 4 rings (SSSR count). The van der Waals surface area contributed by atoms with E-state index in [4.69, 9.17) is 4.74 Å². The molecule has 2 aromatic rings. The van der Waals surface area contributed by atoms with Crippen LogP contribution in [0.4, 0.5) is 11.4 Å². The van der Waals surface area contributed by atoms with E-state index in [-0.39, 0.29) is 17.3 Å². The quantitative estimate of drug-likeness (QED) is 0.648. The van der Waals surface area contributed by atoms with Crippen LogP contribution in [0.1, 0.15) is 25.7 Å². The van der Waals surface area contributed by atoms with Gasteiger partial charge < -0.3 is 19.9 Å². The van der Waals surface area contributed by atoms with Crippen LogP contribution in [-0.4, -0.2) is 76.5 Å². The summed E-state index contributed by atoms with van der Waals surface area (Å²) in [6, 6.07) is 14.7. The molecule has 9 heteroatoms. The second-order valence-electron chi connectivity index (χ2n) is 8.77. The summed E-state index contributed by atoms with van der Waals surface area (Å²) in [5, 5.41) is 3.12. The van der Waals surface area contributed by atoms with E-state index < -0.39 is 10.0 Å². The first kappa shape index (κ1) is 24.3. The molecule has 2 heterocycles. The number of benzene rings is 2. The zero-order valence-corrected chi connectivity index (χ0v) is 20.6.